The molecule has 7 heteroatoms. The fourth-order valence-electron chi connectivity index (χ4n) is 3.23. The molecule has 1 amide bonds. The summed E-state index contributed by atoms with van der Waals surface area (Å²) in [5, 5.41) is 6.84. The molecular formula is C17H19N3O4. The van der Waals surface area contributed by atoms with Gasteiger partial charge in [0.05, 0.1) is 25.6 Å². The van der Waals surface area contributed by atoms with E-state index in [1.807, 2.05) is 18.2 Å². The first-order valence-electron chi connectivity index (χ1n) is 8.03. The summed E-state index contributed by atoms with van der Waals surface area (Å²) in [7, 11) is 0. The largest absolute Gasteiger partial charge is 0.468 e. The molecule has 2 aliphatic rings. The van der Waals surface area contributed by atoms with E-state index in [0.717, 1.165) is 31.8 Å². The van der Waals surface area contributed by atoms with E-state index in [1.54, 1.807) is 18.6 Å². The van der Waals surface area contributed by atoms with E-state index in [9.17, 15) is 4.79 Å². The van der Waals surface area contributed by atoms with E-state index >= 15 is 0 Å². The molecule has 7 nitrogen and oxygen atoms in total. The minimum Gasteiger partial charge on any atom is -0.468 e. The van der Waals surface area contributed by atoms with Gasteiger partial charge in [0.25, 0.3) is 5.91 Å². The van der Waals surface area contributed by atoms with Gasteiger partial charge in [0.1, 0.15) is 17.2 Å². The van der Waals surface area contributed by atoms with Gasteiger partial charge >= 0.3 is 0 Å². The summed E-state index contributed by atoms with van der Waals surface area (Å²) in [5.41, 5.74) is 0.0608. The Bertz CT molecular complexity index is 723. The van der Waals surface area contributed by atoms with Gasteiger partial charge in [-0.05, 0) is 24.3 Å². The van der Waals surface area contributed by atoms with Gasteiger partial charge in [0.2, 0.25) is 0 Å². The number of hydrogen-bond acceptors (Lipinski definition) is 6. The first-order chi connectivity index (χ1) is 11.7. The molecule has 1 saturated heterocycles. The fourth-order valence-corrected chi connectivity index (χ4v) is 3.23. The lowest BCUT2D eigenvalue weighted by Crippen LogP contribution is -2.36. The van der Waals surface area contributed by atoms with Crippen LogP contribution in [0.5, 0.6) is 0 Å². The van der Waals surface area contributed by atoms with Crippen molar-refractivity contribution in [1.29, 1.82) is 0 Å². The number of nitrogens with one attached hydrogen (secondary N) is 1. The van der Waals surface area contributed by atoms with Crippen LogP contribution in [0, 0.1) is 0 Å². The summed E-state index contributed by atoms with van der Waals surface area (Å²) in [6.07, 6.45) is 4.65. The molecule has 4 rings (SSSR count). The molecule has 0 saturated carbocycles. The van der Waals surface area contributed by atoms with Gasteiger partial charge < -0.3 is 19.0 Å². The van der Waals surface area contributed by atoms with Crippen molar-refractivity contribution >= 4 is 11.6 Å². The zero-order valence-electron chi connectivity index (χ0n) is 13.2. The molecule has 0 aromatic carbocycles. The Labute approximate surface area is 139 Å². The minimum atomic E-state index is -0.385. The summed E-state index contributed by atoms with van der Waals surface area (Å²) in [4.78, 5) is 20.1. The molecule has 1 spiro atoms. The summed E-state index contributed by atoms with van der Waals surface area (Å²) in [6, 6.07) is 7.46. The topological polar surface area (TPSA) is 80.2 Å². The first-order valence-corrected chi connectivity index (χ1v) is 8.03. The Morgan fingerprint density at radius 2 is 2.04 bits per heavy atom. The van der Waals surface area contributed by atoms with Crippen molar-refractivity contribution in [2.45, 2.75) is 31.5 Å². The number of furan rings is 2. The predicted octanol–water partition coefficient (Wildman–Crippen LogP) is 1.91. The normalized spacial score (nSPS) is 23.4. The van der Waals surface area contributed by atoms with E-state index in [-0.39, 0.29) is 11.5 Å². The Morgan fingerprint density at radius 1 is 1.25 bits per heavy atom. The van der Waals surface area contributed by atoms with E-state index in [1.165, 1.54) is 0 Å². The Morgan fingerprint density at radius 3 is 2.79 bits per heavy atom. The highest BCUT2D eigenvalue weighted by Crippen LogP contribution is 2.34. The lowest BCUT2D eigenvalue weighted by molar-refractivity contribution is -0.115. The van der Waals surface area contributed by atoms with Crippen LogP contribution in [0.25, 0.3) is 0 Å². The number of amides is 1. The Kier molecular flexibility index (Phi) is 3.86. The molecule has 4 heterocycles. The SMILES string of the molecule is O=C(NCc1ccco1)C1=NO[C@@]2(CCN(Cc3ccco3)C2)C1. The summed E-state index contributed by atoms with van der Waals surface area (Å²) < 4.78 is 10.6. The second-order valence-electron chi connectivity index (χ2n) is 6.29. The second kappa shape index (κ2) is 6.16. The van der Waals surface area contributed by atoms with Crippen LogP contribution in [0.2, 0.25) is 0 Å². The van der Waals surface area contributed by atoms with E-state index in [0.29, 0.717) is 24.4 Å². The monoisotopic (exact) mass is 329 g/mol. The van der Waals surface area contributed by atoms with Crippen molar-refractivity contribution in [3.8, 4) is 0 Å². The number of likely N-dealkylation sites (tertiary alicyclic amines) is 1. The van der Waals surface area contributed by atoms with Gasteiger partial charge in [0.15, 0.2) is 5.60 Å². The third-order valence-corrected chi connectivity index (χ3v) is 4.46. The molecular weight excluding hydrogens is 310 g/mol. The number of carbonyl (C=O) groups excluding carboxylic acids is 1. The van der Waals surface area contributed by atoms with Crippen LogP contribution in [0.1, 0.15) is 24.4 Å². The third kappa shape index (κ3) is 3.07. The standard InChI is InChI=1S/C17H19N3O4/c21-16(18-10-13-3-1-7-22-13)15-9-17(24-19-15)5-6-20(12-17)11-14-4-2-8-23-14/h1-4,7-8H,5-6,9-12H2,(H,18,21)/t17-/m0/s1. The van der Waals surface area contributed by atoms with Crippen LogP contribution in [-0.2, 0) is 22.7 Å². The van der Waals surface area contributed by atoms with Crippen molar-refractivity contribution in [3.63, 3.8) is 0 Å². The van der Waals surface area contributed by atoms with E-state index in [2.05, 4.69) is 15.4 Å². The molecule has 24 heavy (non-hydrogen) atoms. The van der Waals surface area contributed by atoms with Crippen LogP contribution in [-0.4, -0.2) is 35.2 Å². The molecule has 126 valence electrons. The highest BCUT2D eigenvalue weighted by Gasteiger charge is 2.46. The number of oxime groups is 1. The molecule has 2 aromatic rings. The van der Waals surface area contributed by atoms with Crippen LogP contribution in [0.15, 0.2) is 50.8 Å². The van der Waals surface area contributed by atoms with E-state index < -0.39 is 0 Å². The van der Waals surface area contributed by atoms with Crippen LogP contribution >= 0.6 is 0 Å². The highest BCUT2D eigenvalue weighted by atomic mass is 16.7. The smallest absolute Gasteiger partial charge is 0.269 e. The maximum absolute atomic E-state index is 12.2. The van der Waals surface area contributed by atoms with Crippen molar-refractivity contribution in [2.75, 3.05) is 13.1 Å². The van der Waals surface area contributed by atoms with Gasteiger partial charge in [-0.1, -0.05) is 5.16 Å². The molecule has 1 fully saturated rings. The predicted molar refractivity (Wildman–Crippen MR) is 85.0 cm³/mol. The zero-order valence-corrected chi connectivity index (χ0v) is 13.2. The summed E-state index contributed by atoms with van der Waals surface area (Å²) in [5.74, 6) is 1.44. The number of hydrogen-bond donors (Lipinski definition) is 1. The fraction of sp³-hybridized carbons (Fsp3) is 0.412. The molecule has 2 aliphatic heterocycles. The van der Waals surface area contributed by atoms with Crippen LogP contribution in [0.4, 0.5) is 0 Å². The molecule has 0 bridgehead atoms. The molecule has 1 atom stereocenters. The van der Waals surface area contributed by atoms with E-state index in [4.69, 9.17) is 13.7 Å². The maximum Gasteiger partial charge on any atom is 0.269 e. The quantitative estimate of drug-likeness (QED) is 0.906. The maximum atomic E-state index is 12.2. The highest BCUT2D eigenvalue weighted by molar-refractivity contribution is 6.39. The summed E-state index contributed by atoms with van der Waals surface area (Å²) in [6.45, 7) is 2.74. The number of rotatable bonds is 5. The lowest BCUT2D eigenvalue weighted by Gasteiger charge is -2.21. The molecule has 2 aromatic heterocycles. The molecule has 0 radical (unpaired) electrons. The van der Waals surface area contributed by atoms with Crippen molar-refractivity contribution in [1.82, 2.24) is 10.2 Å². The van der Waals surface area contributed by atoms with Crippen LogP contribution < -0.4 is 5.32 Å². The van der Waals surface area contributed by atoms with Gasteiger partial charge in [-0.3, -0.25) is 9.69 Å². The average Bonchev–Trinajstić information content (AvgIpc) is 3.35. The molecule has 1 N–H and O–H groups in total. The third-order valence-electron chi connectivity index (χ3n) is 4.46. The first kappa shape index (κ1) is 15.0. The Hall–Kier alpha value is -2.54. The van der Waals surface area contributed by atoms with Crippen molar-refractivity contribution in [2.24, 2.45) is 5.16 Å². The molecule has 0 aliphatic carbocycles. The van der Waals surface area contributed by atoms with Gasteiger partial charge in [-0.25, -0.2) is 0 Å². The molecule has 0 unspecified atom stereocenters. The number of nitrogens with zero attached hydrogens (tertiary/aromatic N) is 2. The number of carbonyl (C=O) groups is 1. The lowest BCUT2D eigenvalue weighted by atomic mass is 9.96. The van der Waals surface area contributed by atoms with Gasteiger partial charge in [-0.2, -0.15) is 0 Å². The van der Waals surface area contributed by atoms with Gasteiger partial charge in [-0.15, -0.1) is 0 Å². The van der Waals surface area contributed by atoms with Crippen molar-refractivity contribution < 1.29 is 18.5 Å². The zero-order chi connectivity index (χ0) is 16.4. The summed E-state index contributed by atoms with van der Waals surface area (Å²) >= 11 is 0. The second-order valence-corrected chi connectivity index (χ2v) is 6.29. The van der Waals surface area contributed by atoms with Crippen LogP contribution in [0.3, 0.4) is 0 Å². The van der Waals surface area contributed by atoms with Gasteiger partial charge in [0, 0.05) is 25.9 Å². The van der Waals surface area contributed by atoms with Crippen molar-refractivity contribution in [3.05, 3.63) is 48.3 Å². The Balaban J connectivity index is 1.30. The minimum absolute atomic E-state index is 0.201. The average molecular weight is 329 g/mol.